The molecule has 0 bridgehead atoms. The first-order valence-electron chi connectivity index (χ1n) is 8.65. The van der Waals surface area contributed by atoms with E-state index in [1.54, 1.807) is 56.7 Å². The van der Waals surface area contributed by atoms with Crippen molar-refractivity contribution in [1.82, 2.24) is 0 Å². The minimum atomic E-state index is -0.380. The van der Waals surface area contributed by atoms with Crippen LogP contribution in [-0.4, -0.2) is 20.2 Å². The van der Waals surface area contributed by atoms with Crippen molar-refractivity contribution in [3.05, 3.63) is 77.9 Å². The second-order valence-corrected chi connectivity index (χ2v) is 6.04. The van der Waals surface area contributed by atoms with Gasteiger partial charge in [-0.3, -0.25) is 4.79 Å². The highest BCUT2D eigenvalue weighted by molar-refractivity contribution is 5.76. The summed E-state index contributed by atoms with van der Waals surface area (Å²) in [4.78, 5) is 12.3. The molecule has 0 aliphatic heterocycles. The largest absolute Gasteiger partial charge is 0.497 e. The average molecular weight is 373 g/mol. The molecule has 5 heteroatoms. The van der Waals surface area contributed by atoms with Crippen LogP contribution in [0.2, 0.25) is 0 Å². The van der Waals surface area contributed by atoms with Crippen LogP contribution in [0.15, 0.2) is 66.7 Å². The normalized spacial score (nSPS) is 10.0. The Bertz CT molecular complexity index is 1000. The topological polar surface area (TPSA) is 68.5 Å². The molecular weight excluding hydrogens is 354 g/mol. The van der Waals surface area contributed by atoms with Crippen LogP contribution in [0, 0.1) is 11.3 Å². The lowest BCUT2D eigenvalue weighted by Crippen LogP contribution is -2.12. The molecule has 5 nitrogen and oxygen atoms in total. The molecule has 0 aliphatic rings. The molecule has 140 valence electrons. The molecule has 0 fully saturated rings. The van der Waals surface area contributed by atoms with Gasteiger partial charge in [-0.05, 0) is 41.5 Å². The van der Waals surface area contributed by atoms with E-state index in [1.165, 1.54) is 0 Å². The Balaban J connectivity index is 1.67. The lowest BCUT2D eigenvalue weighted by Gasteiger charge is -2.10. The molecular formula is C23H19NO4. The molecule has 0 unspecified atom stereocenters. The molecule has 0 aliphatic carbocycles. The number of carbonyl (C=O) groups excluding carboxylic acids is 1. The number of nitrogens with zero attached hydrogens (tertiary/aromatic N) is 1. The van der Waals surface area contributed by atoms with E-state index in [1.807, 2.05) is 24.3 Å². The zero-order chi connectivity index (χ0) is 19.9. The van der Waals surface area contributed by atoms with E-state index in [9.17, 15) is 4.79 Å². The number of methoxy groups -OCH3 is 2. The minimum absolute atomic E-state index is 0.0878. The van der Waals surface area contributed by atoms with Crippen LogP contribution >= 0.6 is 0 Å². The fourth-order valence-electron chi connectivity index (χ4n) is 2.77. The summed E-state index contributed by atoms with van der Waals surface area (Å²) in [5.41, 5.74) is 3.30. The highest BCUT2D eigenvalue weighted by Crippen LogP contribution is 2.26. The minimum Gasteiger partial charge on any atom is -0.497 e. The van der Waals surface area contributed by atoms with Gasteiger partial charge in [0, 0.05) is 11.6 Å². The van der Waals surface area contributed by atoms with Gasteiger partial charge in [0.2, 0.25) is 0 Å². The number of rotatable bonds is 6. The molecule has 0 heterocycles. The molecule has 0 amide bonds. The van der Waals surface area contributed by atoms with Gasteiger partial charge in [0.1, 0.15) is 17.2 Å². The first-order valence-corrected chi connectivity index (χ1v) is 8.65. The highest BCUT2D eigenvalue weighted by atomic mass is 16.5. The van der Waals surface area contributed by atoms with Gasteiger partial charge < -0.3 is 14.2 Å². The third-order valence-electron chi connectivity index (χ3n) is 4.26. The number of ether oxygens (including phenoxy) is 3. The van der Waals surface area contributed by atoms with Gasteiger partial charge in [-0.1, -0.05) is 30.3 Å². The summed E-state index contributed by atoms with van der Waals surface area (Å²) in [5.74, 6) is 1.32. The average Bonchev–Trinajstić information content (AvgIpc) is 2.74. The molecule has 0 saturated carbocycles. The van der Waals surface area contributed by atoms with Gasteiger partial charge in [-0.2, -0.15) is 5.26 Å². The van der Waals surface area contributed by atoms with E-state index >= 15 is 0 Å². The van der Waals surface area contributed by atoms with Crippen LogP contribution in [0.25, 0.3) is 11.1 Å². The lowest BCUT2D eigenvalue weighted by atomic mass is 10.0. The van der Waals surface area contributed by atoms with Crippen molar-refractivity contribution in [3.8, 4) is 34.4 Å². The van der Waals surface area contributed by atoms with Gasteiger partial charge >= 0.3 is 5.97 Å². The quantitative estimate of drug-likeness (QED) is 0.473. The van der Waals surface area contributed by atoms with E-state index in [0.717, 1.165) is 16.7 Å². The van der Waals surface area contributed by atoms with Gasteiger partial charge in [0.05, 0.1) is 32.3 Å². The maximum absolute atomic E-state index is 12.3. The van der Waals surface area contributed by atoms with E-state index in [4.69, 9.17) is 19.5 Å². The summed E-state index contributed by atoms with van der Waals surface area (Å²) in [6.45, 7) is 0. The van der Waals surface area contributed by atoms with Crippen molar-refractivity contribution in [3.63, 3.8) is 0 Å². The molecule has 28 heavy (non-hydrogen) atoms. The van der Waals surface area contributed by atoms with Crippen molar-refractivity contribution >= 4 is 5.97 Å². The van der Waals surface area contributed by atoms with Gasteiger partial charge in [0.25, 0.3) is 0 Å². The van der Waals surface area contributed by atoms with Crippen molar-refractivity contribution in [1.29, 1.82) is 5.26 Å². The second-order valence-electron chi connectivity index (χ2n) is 6.04. The molecule has 0 spiro atoms. The lowest BCUT2D eigenvalue weighted by molar-refractivity contribution is -0.133. The zero-order valence-electron chi connectivity index (χ0n) is 15.6. The first-order chi connectivity index (χ1) is 13.6. The Hall–Kier alpha value is -3.78. The fraction of sp³-hybridized carbons (Fsp3) is 0.130. The number of nitriles is 1. The summed E-state index contributed by atoms with van der Waals surface area (Å²) >= 11 is 0. The highest BCUT2D eigenvalue weighted by Gasteiger charge is 2.12. The Kier molecular flexibility index (Phi) is 5.93. The first kappa shape index (κ1) is 19.0. The molecule has 0 atom stereocenters. The van der Waals surface area contributed by atoms with Crippen LogP contribution in [0.1, 0.15) is 11.1 Å². The molecule has 0 radical (unpaired) electrons. The van der Waals surface area contributed by atoms with Crippen molar-refractivity contribution in [2.24, 2.45) is 0 Å². The molecule has 0 aromatic heterocycles. The molecule has 3 aromatic rings. The Morgan fingerprint density at radius 2 is 1.46 bits per heavy atom. The molecule has 3 aromatic carbocycles. The van der Waals surface area contributed by atoms with Gasteiger partial charge in [-0.25, -0.2) is 0 Å². The van der Waals surface area contributed by atoms with Crippen LogP contribution in [-0.2, 0) is 11.2 Å². The number of carbonyl (C=O) groups is 1. The van der Waals surface area contributed by atoms with E-state index < -0.39 is 0 Å². The third-order valence-corrected chi connectivity index (χ3v) is 4.26. The van der Waals surface area contributed by atoms with Crippen molar-refractivity contribution < 1.29 is 19.0 Å². The van der Waals surface area contributed by atoms with Crippen LogP contribution < -0.4 is 14.2 Å². The maximum Gasteiger partial charge on any atom is 0.315 e. The van der Waals surface area contributed by atoms with Crippen LogP contribution in [0.4, 0.5) is 0 Å². The van der Waals surface area contributed by atoms with E-state index in [-0.39, 0.29) is 12.4 Å². The molecule has 0 N–H and O–H groups in total. The number of esters is 1. The second kappa shape index (κ2) is 8.74. The molecule has 3 rings (SSSR count). The Labute approximate surface area is 163 Å². The summed E-state index contributed by atoms with van der Waals surface area (Å²) in [6.07, 6.45) is 0.0878. The standard InChI is InChI=1S/C23H19NO4/c1-26-21-12-9-19(22(14-21)27-2)13-23(25)28-20-10-7-18(8-11-20)17-5-3-16(15-24)4-6-17/h3-12,14H,13H2,1-2H3. The predicted octanol–water partition coefficient (Wildman–Crippen LogP) is 4.39. The van der Waals surface area contributed by atoms with E-state index in [2.05, 4.69) is 6.07 Å². The Morgan fingerprint density at radius 1 is 0.857 bits per heavy atom. The zero-order valence-corrected chi connectivity index (χ0v) is 15.6. The van der Waals surface area contributed by atoms with Gasteiger partial charge in [-0.15, -0.1) is 0 Å². The summed E-state index contributed by atoms with van der Waals surface area (Å²) in [5, 5.41) is 8.87. The summed E-state index contributed by atoms with van der Waals surface area (Å²) < 4.78 is 15.9. The number of hydrogen-bond acceptors (Lipinski definition) is 5. The summed E-state index contributed by atoms with van der Waals surface area (Å²) in [7, 11) is 3.12. The fourth-order valence-corrected chi connectivity index (χ4v) is 2.77. The summed E-state index contributed by atoms with van der Waals surface area (Å²) in [6, 6.07) is 21.9. The number of hydrogen-bond donors (Lipinski definition) is 0. The monoisotopic (exact) mass is 373 g/mol. The third kappa shape index (κ3) is 4.49. The predicted molar refractivity (Wildman–Crippen MR) is 105 cm³/mol. The van der Waals surface area contributed by atoms with Crippen molar-refractivity contribution in [2.75, 3.05) is 14.2 Å². The maximum atomic E-state index is 12.3. The number of benzene rings is 3. The van der Waals surface area contributed by atoms with Crippen LogP contribution in [0.5, 0.6) is 17.2 Å². The van der Waals surface area contributed by atoms with Crippen molar-refractivity contribution in [2.45, 2.75) is 6.42 Å². The smallest absolute Gasteiger partial charge is 0.315 e. The van der Waals surface area contributed by atoms with Crippen LogP contribution in [0.3, 0.4) is 0 Å². The van der Waals surface area contributed by atoms with E-state index in [0.29, 0.717) is 22.8 Å². The Morgan fingerprint density at radius 3 is 2.04 bits per heavy atom. The molecule has 0 saturated heterocycles. The SMILES string of the molecule is COc1ccc(CC(=O)Oc2ccc(-c3ccc(C#N)cc3)cc2)c(OC)c1. The van der Waals surface area contributed by atoms with Gasteiger partial charge in [0.15, 0.2) is 0 Å².